The summed E-state index contributed by atoms with van der Waals surface area (Å²) in [5.41, 5.74) is 1.67. The molecule has 2 aliphatic heterocycles. The van der Waals surface area contributed by atoms with Crippen LogP contribution in [0.1, 0.15) is 5.56 Å². The largest absolute Gasteiger partial charge is 0.454 e. The van der Waals surface area contributed by atoms with Crippen LogP contribution < -0.4 is 19.7 Å². The monoisotopic (exact) mass is 358 g/mol. The Morgan fingerprint density at radius 1 is 1.12 bits per heavy atom. The van der Waals surface area contributed by atoms with Crippen molar-refractivity contribution in [2.24, 2.45) is 0 Å². The Morgan fingerprint density at radius 3 is 2.73 bits per heavy atom. The molecule has 2 aromatic carbocycles. The molecule has 0 aliphatic carbocycles. The molecule has 0 spiro atoms. The minimum absolute atomic E-state index is 0.183. The van der Waals surface area contributed by atoms with Crippen molar-refractivity contribution in [1.82, 2.24) is 4.90 Å². The summed E-state index contributed by atoms with van der Waals surface area (Å²) < 4.78 is 24.0. The summed E-state index contributed by atoms with van der Waals surface area (Å²) in [4.78, 5) is 15.5. The molecule has 1 saturated heterocycles. The van der Waals surface area contributed by atoms with E-state index in [0.29, 0.717) is 18.8 Å². The number of nitrogens with one attached hydrogen (secondary N) is 2. The van der Waals surface area contributed by atoms with Crippen LogP contribution in [-0.2, 0) is 6.54 Å². The Bertz CT molecular complexity index is 806. The first-order valence-electron chi connectivity index (χ1n) is 8.71. The second-order valence-electron chi connectivity index (χ2n) is 6.54. The fourth-order valence-corrected chi connectivity index (χ4v) is 3.31. The number of hydrogen-bond donors (Lipinski definition) is 2. The third kappa shape index (κ3) is 3.72. The molecule has 26 heavy (non-hydrogen) atoms. The summed E-state index contributed by atoms with van der Waals surface area (Å²) in [5, 5.41) is 2.75. The van der Waals surface area contributed by atoms with Crippen LogP contribution in [0.25, 0.3) is 0 Å². The van der Waals surface area contributed by atoms with Gasteiger partial charge in [-0.3, -0.25) is 0 Å². The maximum Gasteiger partial charge on any atom is 0.322 e. The molecule has 7 heteroatoms. The van der Waals surface area contributed by atoms with Crippen molar-refractivity contribution >= 4 is 11.7 Å². The van der Waals surface area contributed by atoms with Gasteiger partial charge in [-0.25, -0.2) is 9.18 Å². The first kappa shape index (κ1) is 16.7. The molecule has 1 fully saturated rings. The molecule has 2 aliphatic rings. The molecule has 2 N–H and O–H groups in total. The van der Waals surface area contributed by atoms with Gasteiger partial charge in [-0.05, 0) is 36.4 Å². The van der Waals surface area contributed by atoms with Gasteiger partial charge in [-0.15, -0.1) is 0 Å². The lowest BCUT2D eigenvalue weighted by atomic mass is 10.1. The summed E-state index contributed by atoms with van der Waals surface area (Å²) in [6, 6.07) is 11.8. The summed E-state index contributed by atoms with van der Waals surface area (Å²) in [6.45, 7) is 4.23. The Balaban J connectivity index is 1.29. The molecule has 2 heterocycles. The minimum Gasteiger partial charge on any atom is -0.454 e. The van der Waals surface area contributed by atoms with Crippen LogP contribution in [0, 0.1) is 5.82 Å². The molecular formula is C19H21FN3O3+. The number of hydrogen-bond acceptors (Lipinski definition) is 3. The lowest BCUT2D eigenvalue weighted by Gasteiger charge is -2.32. The second kappa shape index (κ2) is 7.21. The SMILES string of the molecule is O=C(Nc1cccc(F)c1)N1CC[NH+](Cc2ccc3c(c2)OCO3)CC1. The van der Waals surface area contributed by atoms with Crippen LogP contribution >= 0.6 is 0 Å². The van der Waals surface area contributed by atoms with E-state index < -0.39 is 0 Å². The average Bonchev–Trinajstić information content (AvgIpc) is 3.10. The molecule has 0 radical (unpaired) electrons. The number of fused-ring (bicyclic) bond motifs is 1. The van der Waals surface area contributed by atoms with E-state index in [-0.39, 0.29) is 18.6 Å². The Labute approximate surface area is 151 Å². The van der Waals surface area contributed by atoms with Crippen molar-refractivity contribution in [3.63, 3.8) is 0 Å². The van der Waals surface area contributed by atoms with E-state index in [9.17, 15) is 9.18 Å². The van der Waals surface area contributed by atoms with Crippen LogP contribution in [0.4, 0.5) is 14.9 Å². The van der Waals surface area contributed by atoms with Crippen molar-refractivity contribution in [3.05, 3.63) is 53.8 Å². The van der Waals surface area contributed by atoms with Crippen molar-refractivity contribution in [2.45, 2.75) is 6.54 Å². The summed E-state index contributed by atoms with van der Waals surface area (Å²) >= 11 is 0. The van der Waals surface area contributed by atoms with Crippen LogP contribution in [0.5, 0.6) is 11.5 Å². The molecular weight excluding hydrogens is 337 g/mol. The van der Waals surface area contributed by atoms with Crippen LogP contribution in [-0.4, -0.2) is 43.9 Å². The Hall–Kier alpha value is -2.80. The number of ether oxygens (including phenoxy) is 2. The van der Waals surface area contributed by atoms with Crippen molar-refractivity contribution in [1.29, 1.82) is 0 Å². The van der Waals surface area contributed by atoms with E-state index in [2.05, 4.69) is 11.4 Å². The number of benzene rings is 2. The van der Waals surface area contributed by atoms with Gasteiger partial charge in [-0.2, -0.15) is 0 Å². The van der Waals surface area contributed by atoms with Crippen LogP contribution in [0.3, 0.4) is 0 Å². The number of anilines is 1. The standard InChI is InChI=1S/C19H20FN3O3/c20-15-2-1-3-16(11-15)21-19(24)23-8-6-22(7-9-23)12-14-4-5-17-18(10-14)26-13-25-17/h1-5,10-11H,6-9,12-13H2,(H,21,24)/p+1. The highest BCUT2D eigenvalue weighted by molar-refractivity contribution is 5.89. The van der Waals surface area contributed by atoms with Gasteiger partial charge >= 0.3 is 6.03 Å². The maximum atomic E-state index is 13.2. The number of urea groups is 1. The van der Waals surface area contributed by atoms with Crippen LogP contribution in [0.2, 0.25) is 0 Å². The lowest BCUT2D eigenvalue weighted by molar-refractivity contribution is -0.917. The smallest absolute Gasteiger partial charge is 0.322 e. The molecule has 6 nitrogen and oxygen atoms in total. The lowest BCUT2D eigenvalue weighted by Crippen LogP contribution is -3.13. The zero-order valence-corrected chi connectivity index (χ0v) is 14.3. The fraction of sp³-hybridized carbons (Fsp3) is 0.316. The fourth-order valence-electron chi connectivity index (χ4n) is 3.31. The molecule has 0 saturated carbocycles. The molecule has 2 aromatic rings. The maximum absolute atomic E-state index is 13.2. The summed E-state index contributed by atoms with van der Waals surface area (Å²) in [6.07, 6.45) is 0. The van der Waals surface area contributed by atoms with Gasteiger partial charge in [0.05, 0.1) is 26.2 Å². The molecule has 0 bridgehead atoms. The van der Waals surface area contributed by atoms with E-state index in [1.807, 2.05) is 12.1 Å². The van der Waals surface area contributed by atoms with Gasteiger partial charge in [0.15, 0.2) is 11.5 Å². The van der Waals surface area contributed by atoms with Crippen LogP contribution in [0.15, 0.2) is 42.5 Å². The highest BCUT2D eigenvalue weighted by Gasteiger charge is 2.24. The van der Waals surface area contributed by atoms with Gasteiger partial charge in [-0.1, -0.05) is 6.07 Å². The molecule has 4 rings (SSSR count). The van der Waals surface area contributed by atoms with Crippen molar-refractivity contribution < 1.29 is 23.6 Å². The molecule has 0 aromatic heterocycles. The van der Waals surface area contributed by atoms with Gasteiger partial charge in [0.2, 0.25) is 6.79 Å². The zero-order valence-electron chi connectivity index (χ0n) is 14.3. The molecule has 0 unspecified atom stereocenters. The topological polar surface area (TPSA) is 55.2 Å². The molecule has 0 atom stereocenters. The minimum atomic E-state index is -0.360. The predicted molar refractivity (Wildman–Crippen MR) is 94.0 cm³/mol. The molecule has 2 amide bonds. The van der Waals surface area contributed by atoms with Crippen molar-refractivity contribution in [3.8, 4) is 11.5 Å². The number of rotatable bonds is 3. The van der Waals surface area contributed by atoms with Crippen molar-refractivity contribution in [2.75, 3.05) is 38.3 Å². The highest BCUT2D eigenvalue weighted by Crippen LogP contribution is 2.32. The van der Waals surface area contributed by atoms with E-state index in [4.69, 9.17) is 9.47 Å². The van der Waals surface area contributed by atoms with Gasteiger partial charge in [0.1, 0.15) is 12.4 Å². The number of carbonyl (C=O) groups is 1. The predicted octanol–water partition coefficient (Wildman–Crippen LogP) is 1.49. The third-order valence-electron chi connectivity index (χ3n) is 4.72. The quantitative estimate of drug-likeness (QED) is 0.874. The zero-order chi connectivity index (χ0) is 17.9. The first-order valence-corrected chi connectivity index (χ1v) is 8.71. The third-order valence-corrected chi connectivity index (χ3v) is 4.72. The Morgan fingerprint density at radius 2 is 1.92 bits per heavy atom. The van der Waals surface area contributed by atoms with Gasteiger partial charge in [0, 0.05) is 11.3 Å². The number of amides is 2. The molecule has 136 valence electrons. The van der Waals surface area contributed by atoms with E-state index in [0.717, 1.165) is 31.1 Å². The number of halogens is 1. The van der Waals surface area contributed by atoms with Gasteiger partial charge < -0.3 is 24.6 Å². The van der Waals surface area contributed by atoms with Gasteiger partial charge in [0.25, 0.3) is 0 Å². The second-order valence-corrected chi connectivity index (χ2v) is 6.54. The number of quaternary nitrogens is 1. The first-order chi connectivity index (χ1) is 12.7. The number of carbonyl (C=O) groups excluding carboxylic acids is 1. The van der Waals surface area contributed by atoms with E-state index in [1.165, 1.54) is 22.6 Å². The Kier molecular flexibility index (Phi) is 4.62. The number of nitrogens with zero attached hydrogens (tertiary/aromatic N) is 1. The average molecular weight is 358 g/mol. The van der Waals surface area contributed by atoms with E-state index >= 15 is 0 Å². The normalized spacial score (nSPS) is 16.6. The van der Waals surface area contributed by atoms with E-state index in [1.54, 1.807) is 17.0 Å². The summed E-state index contributed by atoms with van der Waals surface area (Å²) in [5.74, 6) is 1.23. The highest BCUT2D eigenvalue weighted by atomic mass is 19.1. The number of piperazine rings is 1. The summed E-state index contributed by atoms with van der Waals surface area (Å²) in [7, 11) is 0.